The molecule has 0 amide bonds. The van der Waals surface area contributed by atoms with E-state index < -0.39 is 10.7 Å². The fourth-order valence-corrected chi connectivity index (χ4v) is 2.36. The summed E-state index contributed by atoms with van der Waals surface area (Å²) < 4.78 is 18.6. The van der Waals surface area contributed by atoms with Gasteiger partial charge in [0.15, 0.2) is 0 Å². The fraction of sp³-hybridized carbons (Fsp3) is 0.143. The molecule has 6 heteroatoms. The minimum atomic E-state index is -0.603. The number of ether oxygens (including phenoxy) is 1. The molecule has 0 atom stereocenters. The molecule has 2 aromatic rings. The Morgan fingerprint density at radius 3 is 2.65 bits per heavy atom. The second-order valence-corrected chi connectivity index (χ2v) is 4.75. The number of halogens is 2. The minimum Gasteiger partial charge on any atom is -0.450 e. The normalized spacial score (nSPS) is 10.3. The lowest BCUT2D eigenvalue weighted by Gasteiger charge is -2.09. The third-order valence-electron chi connectivity index (χ3n) is 2.80. The van der Waals surface area contributed by atoms with E-state index in [0.29, 0.717) is 11.1 Å². The first-order valence-electron chi connectivity index (χ1n) is 5.78. The molecule has 0 unspecified atom stereocenters. The van der Waals surface area contributed by atoms with Crippen LogP contribution in [0.2, 0.25) is 0 Å². The van der Waals surface area contributed by atoms with E-state index in [1.807, 2.05) is 13.0 Å². The summed E-state index contributed by atoms with van der Waals surface area (Å²) in [5.74, 6) is -0.263. The van der Waals surface area contributed by atoms with Crippen LogP contribution in [0.3, 0.4) is 0 Å². The van der Waals surface area contributed by atoms with Crippen LogP contribution in [0.4, 0.5) is 10.1 Å². The van der Waals surface area contributed by atoms with Gasteiger partial charge in [0, 0.05) is 17.5 Å². The second kappa shape index (κ2) is 6.00. The highest BCUT2D eigenvalue weighted by atomic mass is 79.9. The highest BCUT2D eigenvalue weighted by Gasteiger charge is 2.16. The topological polar surface area (TPSA) is 52.4 Å². The van der Waals surface area contributed by atoms with Crippen molar-refractivity contribution in [3.05, 3.63) is 63.5 Å². The third-order valence-corrected chi connectivity index (χ3v) is 3.41. The zero-order valence-corrected chi connectivity index (χ0v) is 12.2. The lowest BCUT2D eigenvalue weighted by atomic mass is 10.1. The maximum Gasteiger partial charge on any atom is 0.311 e. The molecule has 2 aromatic carbocycles. The van der Waals surface area contributed by atoms with Crippen LogP contribution in [0.1, 0.15) is 11.1 Å². The molecule has 0 aliphatic heterocycles. The molecule has 0 aliphatic carbocycles. The van der Waals surface area contributed by atoms with E-state index in [0.717, 1.165) is 29.3 Å². The summed E-state index contributed by atoms with van der Waals surface area (Å²) in [4.78, 5) is 10.3. The van der Waals surface area contributed by atoms with E-state index in [9.17, 15) is 14.5 Å². The molecule has 4 nitrogen and oxygen atoms in total. The van der Waals surface area contributed by atoms with Crippen LogP contribution >= 0.6 is 15.9 Å². The van der Waals surface area contributed by atoms with Crippen LogP contribution in [0.25, 0.3) is 0 Å². The van der Waals surface area contributed by atoms with Gasteiger partial charge in [0.1, 0.15) is 11.6 Å². The molecule has 104 valence electrons. The van der Waals surface area contributed by atoms with Crippen molar-refractivity contribution >= 4 is 21.6 Å². The van der Waals surface area contributed by atoms with E-state index in [4.69, 9.17) is 4.74 Å². The van der Waals surface area contributed by atoms with Gasteiger partial charge in [-0.25, -0.2) is 4.39 Å². The minimum absolute atomic E-state index is 0.110. The van der Waals surface area contributed by atoms with Crippen LogP contribution in [0.5, 0.6) is 11.5 Å². The molecule has 0 N–H and O–H groups in total. The second-order valence-electron chi connectivity index (χ2n) is 4.19. The Morgan fingerprint density at radius 1 is 1.30 bits per heavy atom. The third kappa shape index (κ3) is 3.14. The molecule has 0 saturated carbocycles. The van der Waals surface area contributed by atoms with Crippen molar-refractivity contribution in [1.82, 2.24) is 0 Å². The molecule has 0 fully saturated rings. The van der Waals surface area contributed by atoms with Crippen molar-refractivity contribution in [1.29, 1.82) is 0 Å². The first kappa shape index (κ1) is 14.5. The summed E-state index contributed by atoms with van der Waals surface area (Å²) in [7, 11) is 0. The molecule has 0 radical (unpaired) electrons. The average molecular weight is 340 g/mol. The SMILES string of the molecule is Cc1cc(Oc2cc(F)ccc2[N+](=O)[O-])ccc1CBr. The van der Waals surface area contributed by atoms with Crippen molar-refractivity contribution in [2.45, 2.75) is 12.3 Å². The van der Waals surface area contributed by atoms with Crippen LogP contribution in [0.15, 0.2) is 36.4 Å². The van der Waals surface area contributed by atoms with Gasteiger partial charge in [-0.15, -0.1) is 0 Å². The molecule has 2 rings (SSSR count). The predicted molar refractivity (Wildman–Crippen MR) is 76.9 cm³/mol. The Bertz CT molecular complexity index is 661. The van der Waals surface area contributed by atoms with E-state index in [1.54, 1.807) is 12.1 Å². The highest BCUT2D eigenvalue weighted by molar-refractivity contribution is 9.08. The van der Waals surface area contributed by atoms with Gasteiger partial charge in [-0.05, 0) is 36.2 Å². The van der Waals surface area contributed by atoms with Crippen molar-refractivity contribution in [2.75, 3.05) is 0 Å². The standard InChI is InChI=1S/C14H11BrFNO3/c1-9-6-12(4-2-10(9)8-15)20-14-7-11(16)3-5-13(14)17(18)19/h2-7H,8H2,1H3. The highest BCUT2D eigenvalue weighted by Crippen LogP contribution is 2.32. The quantitative estimate of drug-likeness (QED) is 0.459. The van der Waals surface area contributed by atoms with Gasteiger partial charge in [-0.3, -0.25) is 10.1 Å². The molecule has 0 spiro atoms. The molecule has 0 aromatic heterocycles. The monoisotopic (exact) mass is 339 g/mol. The Labute approximate surface area is 123 Å². The Hall–Kier alpha value is -1.95. The Morgan fingerprint density at radius 2 is 2.05 bits per heavy atom. The van der Waals surface area contributed by atoms with Gasteiger partial charge in [0.05, 0.1) is 4.92 Å². The number of aryl methyl sites for hydroxylation is 1. The number of nitro groups is 1. The number of hydrogen-bond donors (Lipinski definition) is 0. The summed E-state index contributed by atoms with van der Waals surface area (Å²) >= 11 is 3.36. The number of hydrogen-bond acceptors (Lipinski definition) is 3. The van der Waals surface area contributed by atoms with Crippen LogP contribution < -0.4 is 4.74 Å². The smallest absolute Gasteiger partial charge is 0.311 e. The van der Waals surface area contributed by atoms with E-state index in [2.05, 4.69) is 15.9 Å². The van der Waals surface area contributed by atoms with Gasteiger partial charge >= 0.3 is 5.69 Å². The van der Waals surface area contributed by atoms with Crippen molar-refractivity contribution in [3.8, 4) is 11.5 Å². The lowest BCUT2D eigenvalue weighted by molar-refractivity contribution is -0.385. The molecule has 20 heavy (non-hydrogen) atoms. The largest absolute Gasteiger partial charge is 0.450 e. The van der Waals surface area contributed by atoms with Crippen molar-refractivity contribution in [2.24, 2.45) is 0 Å². The van der Waals surface area contributed by atoms with Crippen molar-refractivity contribution in [3.63, 3.8) is 0 Å². The molecule has 0 bridgehead atoms. The number of nitrogens with zero attached hydrogens (tertiary/aromatic N) is 1. The van der Waals surface area contributed by atoms with E-state index in [-0.39, 0.29) is 11.4 Å². The van der Waals surface area contributed by atoms with Crippen LogP contribution in [-0.2, 0) is 5.33 Å². The zero-order chi connectivity index (χ0) is 14.7. The van der Waals surface area contributed by atoms with Crippen LogP contribution in [0, 0.1) is 22.9 Å². The number of benzene rings is 2. The van der Waals surface area contributed by atoms with Gasteiger partial charge in [0.2, 0.25) is 5.75 Å². The molecule has 0 heterocycles. The van der Waals surface area contributed by atoms with Crippen LogP contribution in [-0.4, -0.2) is 4.92 Å². The number of alkyl halides is 1. The van der Waals surface area contributed by atoms with Gasteiger partial charge in [-0.2, -0.15) is 0 Å². The average Bonchev–Trinajstić information content (AvgIpc) is 2.38. The molecular formula is C14H11BrFNO3. The van der Waals surface area contributed by atoms with Gasteiger partial charge in [-0.1, -0.05) is 22.0 Å². The Kier molecular flexibility index (Phi) is 4.34. The number of rotatable bonds is 4. The van der Waals surface area contributed by atoms with Gasteiger partial charge < -0.3 is 4.74 Å². The number of nitro benzene ring substituents is 1. The lowest BCUT2D eigenvalue weighted by Crippen LogP contribution is -1.95. The zero-order valence-electron chi connectivity index (χ0n) is 10.6. The van der Waals surface area contributed by atoms with Crippen molar-refractivity contribution < 1.29 is 14.1 Å². The van der Waals surface area contributed by atoms with E-state index >= 15 is 0 Å². The first-order chi connectivity index (χ1) is 9.51. The molecule has 0 saturated heterocycles. The molecular weight excluding hydrogens is 329 g/mol. The summed E-state index contributed by atoms with van der Waals surface area (Å²) in [6, 6.07) is 8.43. The fourth-order valence-electron chi connectivity index (χ4n) is 1.73. The van der Waals surface area contributed by atoms with E-state index in [1.165, 1.54) is 0 Å². The maximum absolute atomic E-state index is 13.2. The Balaban J connectivity index is 2.36. The first-order valence-corrected chi connectivity index (χ1v) is 6.90. The summed E-state index contributed by atoms with van der Waals surface area (Å²) in [6.07, 6.45) is 0. The molecule has 0 aliphatic rings. The predicted octanol–water partition coefficient (Wildman–Crippen LogP) is 4.73. The summed E-state index contributed by atoms with van der Waals surface area (Å²) in [5, 5.41) is 11.6. The summed E-state index contributed by atoms with van der Waals surface area (Å²) in [6.45, 7) is 1.91. The van der Waals surface area contributed by atoms with Gasteiger partial charge in [0.25, 0.3) is 0 Å². The maximum atomic E-state index is 13.2. The summed E-state index contributed by atoms with van der Waals surface area (Å²) in [5.41, 5.74) is 1.80.